The van der Waals surface area contributed by atoms with Crippen LogP contribution < -0.4 is 0 Å². The zero-order valence-corrected chi connectivity index (χ0v) is 27.2. The second kappa shape index (κ2) is 9.17. The van der Waals surface area contributed by atoms with Crippen molar-refractivity contribution in [2.45, 2.75) is 167 Å². The minimum absolute atomic E-state index is 0.00173. The van der Waals surface area contributed by atoms with Gasteiger partial charge in [0.15, 0.2) is 6.29 Å². The maximum atomic E-state index is 11.9. The van der Waals surface area contributed by atoms with E-state index in [9.17, 15) is 20.4 Å². The predicted octanol–water partition coefficient (Wildman–Crippen LogP) is 4.96. The number of hydrogen-bond acceptors (Lipinski definition) is 7. The van der Waals surface area contributed by atoms with Crippen LogP contribution in [0.2, 0.25) is 0 Å². The number of aliphatic hydroxyl groups excluding tert-OH is 3. The molecule has 7 aliphatic rings. The molecule has 7 fully saturated rings. The fourth-order valence-electron chi connectivity index (χ4n) is 13.3. The Hall–Kier alpha value is -0.280. The van der Waals surface area contributed by atoms with E-state index in [-0.39, 0.29) is 47.1 Å². The van der Waals surface area contributed by atoms with Crippen molar-refractivity contribution in [1.82, 2.24) is 0 Å². The van der Waals surface area contributed by atoms with Crippen molar-refractivity contribution in [3.8, 4) is 0 Å². The molecule has 7 nitrogen and oxygen atoms in total. The summed E-state index contributed by atoms with van der Waals surface area (Å²) in [6.07, 6.45) is 8.69. The number of hydrogen-bond donors (Lipinski definition) is 4. The van der Waals surface area contributed by atoms with Crippen LogP contribution in [-0.2, 0) is 14.2 Å². The van der Waals surface area contributed by atoms with Gasteiger partial charge in [0.05, 0.1) is 42.2 Å². The lowest BCUT2D eigenvalue weighted by atomic mass is 9.41. The van der Waals surface area contributed by atoms with Gasteiger partial charge >= 0.3 is 0 Å². The predicted molar refractivity (Wildman–Crippen MR) is 158 cm³/mol. The Kier molecular flexibility index (Phi) is 6.63. The van der Waals surface area contributed by atoms with Crippen LogP contribution in [0.1, 0.15) is 119 Å². The van der Waals surface area contributed by atoms with E-state index < -0.39 is 29.7 Å². The summed E-state index contributed by atoms with van der Waals surface area (Å²) in [5.41, 5.74) is -0.504. The van der Waals surface area contributed by atoms with Gasteiger partial charge in [-0.2, -0.15) is 0 Å². The van der Waals surface area contributed by atoms with E-state index in [0.29, 0.717) is 29.1 Å². The Labute approximate surface area is 253 Å². The molecule has 4 N–H and O–H groups in total. The highest BCUT2D eigenvalue weighted by Crippen LogP contribution is 2.89. The first-order chi connectivity index (χ1) is 19.4. The molecule has 7 rings (SSSR count). The molecule has 14 atom stereocenters. The van der Waals surface area contributed by atoms with Gasteiger partial charge < -0.3 is 34.6 Å². The smallest absolute Gasteiger partial charge is 0.160 e. The molecule has 0 radical (unpaired) electrons. The summed E-state index contributed by atoms with van der Waals surface area (Å²) in [7, 11) is 0. The van der Waals surface area contributed by atoms with Crippen LogP contribution in [0, 0.1) is 44.8 Å². The third kappa shape index (κ3) is 3.83. The molecule has 0 bridgehead atoms. The summed E-state index contributed by atoms with van der Waals surface area (Å²) in [5.74, 6) is 1.29. The molecule has 240 valence electrons. The van der Waals surface area contributed by atoms with Crippen molar-refractivity contribution < 1.29 is 34.6 Å². The number of aliphatic hydroxyl groups is 4. The molecule has 2 aliphatic heterocycles. The van der Waals surface area contributed by atoms with Crippen LogP contribution >= 0.6 is 0 Å². The van der Waals surface area contributed by atoms with Gasteiger partial charge in [-0.25, -0.2) is 0 Å². The highest BCUT2D eigenvalue weighted by atomic mass is 16.7. The highest BCUT2D eigenvalue weighted by molar-refractivity contribution is 5.32. The molecule has 0 aromatic carbocycles. The quantitative estimate of drug-likeness (QED) is 0.343. The lowest BCUT2D eigenvalue weighted by Crippen LogP contribution is -2.59. The molecule has 0 aromatic rings. The second-order valence-corrected chi connectivity index (χ2v) is 18.0. The second-order valence-electron chi connectivity index (χ2n) is 18.0. The Morgan fingerprint density at radius 2 is 1.45 bits per heavy atom. The standard InChI is InChI=1S/C35H58O7/c1-29(2)23-8-9-24-32(6)17-21(37)28(33(7)12-10-26(42-33)30(3,4)39)31(32,5)14-15-35(24)19-34(23,35)13-11-25(29)41-27-16-20(36)22(38)18-40-27/h20-28,36-39H,8-19H2,1-7H3/t20-,21+,22-,23?,24+,25+,26?,27+,28+,31-,32+,33-,34-,35+/m1/s1. The number of rotatable bonds is 4. The lowest BCUT2D eigenvalue weighted by Gasteiger charge is -2.64. The summed E-state index contributed by atoms with van der Waals surface area (Å²) in [6, 6.07) is 0. The van der Waals surface area contributed by atoms with Gasteiger partial charge in [-0.15, -0.1) is 0 Å². The zero-order chi connectivity index (χ0) is 30.3. The van der Waals surface area contributed by atoms with Crippen molar-refractivity contribution in [1.29, 1.82) is 0 Å². The average Bonchev–Trinajstić information content (AvgIpc) is 3.28. The molecule has 2 unspecified atom stereocenters. The van der Waals surface area contributed by atoms with Gasteiger partial charge in [-0.3, -0.25) is 0 Å². The van der Waals surface area contributed by atoms with E-state index in [1.165, 1.54) is 32.1 Å². The van der Waals surface area contributed by atoms with Crippen molar-refractivity contribution in [3.63, 3.8) is 0 Å². The van der Waals surface area contributed by atoms with Crippen LogP contribution in [0.5, 0.6) is 0 Å². The molecule has 0 aromatic heterocycles. The topological polar surface area (TPSA) is 109 Å². The largest absolute Gasteiger partial charge is 0.393 e. The first-order valence-corrected chi connectivity index (χ1v) is 17.2. The maximum Gasteiger partial charge on any atom is 0.160 e. The SMILES string of the molecule is CC(C)(O)C1CC[C@](C)([C@H]2[C@@H](O)C[C@@]3(C)[C@@H]4CCC5C(C)(C)[C@@H](O[C@H]6C[C@@H](O)[C@H](O)CO6)CC[C@@]56C[C@@]46CC[C@]23C)O1. The molecule has 5 saturated carbocycles. The van der Waals surface area contributed by atoms with Gasteiger partial charge in [-0.05, 0) is 124 Å². The third-order valence-electron chi connectivity index (χ3n) is 15.4. The Bertz CT molecular complexity index is 1090. The monoisotopic (exact) mass is 590 g/mol. The van der Waals surface area contributed by atoms with Gasteiger partial charge in [0, 0.05) is 12.3 Å². The van der Waals surface area contributed by atoms with Crippen molar-refractivity contribution in [3.05, 3.63) is 0 Å². The normalized spacial score (nSPS) is 58.5. The minimum atomic E-state index is -0.875. The molecular weight excluding hydrogens is 532 g/mol. The van der Waals surface area contributed by atoms with E-state index in [0.717, 1.165) is 32.1 Å². The number of ether oxygens (including phenoxy) is 3. The van der Waals surface area contributed by atoms with Gasteiger partial charge in [0.25, 0.3) is 0 Å². The molecular formula is C35H58O7. The maximum absolute atomic E-state index is 11.9. The third-order valence-corrected chi connectivity index (χ3v) is 15.4. The van der Waals surface area contributed by atoms with E-state index in [1.807, 2.05) is 13.8 Å². The first-order valence-electron chi connectivity index (χ1n) is 17.2. The van der Waals surface area contributed by atoms with Gasteiger partial charge in [0.1, 0.15) is 6.10 Å². The van der Waals surface area contributed by atoms with Crippen molar-refractivity contribution in [2.75, 3.05) is 6.61 Å². The van der Waals surface area contributed by atoms with Crippen LogP contribution in [-0.4, -0.2) is 75.0 Å². The van der Waals surface area contributed by atoms with Gasteiger partial charge in [0.2, 0.25) is 0 Å². The van der Waals surface area contributed by atoms with Crippen LogP contribution in [0.25, 0.3) is 0 Å². The summed E-state index contributed by atoms with van der Waals surface area (Å²) in [5, 5.41) is 42.8. The summed E-state index contributed by atoms with van der Waals surface area (Å²) < 4.78 is 19.1. The molecule has 2 saturated heterocycles. The Morgan fingerprint density at radius 3 is 2.12 bits per heavy atom. The molecule has 0 amide bonds. The summed E-state index contributed by atoms with van der Waals surface area (Å²) in [6.45, 7) is 15.9. The molecule has 2 heterocycles. The zero-order valence-electron chi connectivity index (χ0n) is 27.2. The Morgan fingerprint density at radius 1 is 0.762 bits per heavy atom. The Balaban J connectivity index is 1.13. The summed E-state index contributed by atoms with van der Waals surface area (Å²) >= 11 is 0. The van der Waals surface area contributed by atoms with Crippen LogP contribution in [0.4, 0.5) is 0 Å². The molecule has 5 aliphatic carbocycles. The lowest BCUT2D eigenvalue weighted by molar-refractivity contribution is -0.265. The molecule has 2 spiro atoms. The summed E-state index contributed by atoms with van der Waals surface area (Å²) in [4.78, 5) is 0. The minimum Gasteiger partial charge on any atom is -0.393 e. The highest BCUT2D eigenvalue weighted by Gasteiger charge is 2.83. The van der Waals surface area contributed by atoms with E-state index in [1.54, 1.807) is 0 Å². The fourth-order valence-corrected chi connectivity index (χ4v) is 13.3. The average molecular weight is 591 g/mol. The fraction of sp³-hybridized carbons (Fsp3) is 1.00. The van der Waals surface area contributed by atoms with Crippen molar-refractivity contribution in [2.24, 2.45) is 44.8 Å². The van der Waals surface area contributed by atoms with Gasteiger partial charge in [-0.1, -0.05) is 27.7 Å². The molecule has 7 heteroatoms. The van der Waals surface area contributed by atoms with E-state index in [4.69, 9.17) is 14.2 Å². The van der Waals surface area contributed by atoms with E-state index >= 15 is 0 Å². The van der Waals surface area contributed by atoms with Crippen LogP contribution in [0.3, 0.4) is 0 Å². The van der Waals surface area contributed by atoms with Crippen LogP contribution in [0.15, 0.2) is 0 Å². The number of fused-ring (bicyclic) bond motifs is 2. The van der Waals surface area contributed by atoms with E-state index in [2.05, 4.69) is 34.6 Å². The molecule has 42 heavy (non-hydrogen) atoms. The van der Waals surface area contributed by atoms with Crippen molar-refractivity contribution >= 4 is 0 Å². The first kappa shape index (κ1) is 30.4.